The van der Waals surface area contributed by atoms with Crippen LogP contribution >= 0.6 is 0 Å². The van der Waals surface area contributed by atoms with Crippen molar-refractivity contribution in [2.45, 2.75) is 13.3 Å². The summed E-state index contributed by atoms with van der Waals surface area (Å²) in [6.07, 6.45) is 0.979. The average molecular weight is 349 g/mol. The lowest BCUT2D eigenvalue weighted by Gasteiger charge is -1.97. The van der Waals surface area contributed by atoms with E-state index in [1.54, 1.807) is 36.4 Å². The average Bonchev–Trinajstić information content (AvgIpc) is 2.72. The minimum absolute atomic E-state index is 0.346. The van der Waals surface area contributed by atoms with Crippen LogP contribution in [0.15, 0.2) is 66.7 Å². The molecule has 3 aromatic rings. The molecular weight excluding hydrogens is 333 g/mol. The number of hydrogen-bond donors (Lipinski definition) is 0. The Bertz CT molecular complexity index is 1110. The summed E-state index contributed by atoms with van der Waals surface area (Å²) in [5.41, 5.74) is 4.38. The van der Waals surface area contributed by atoms with Gasteiger partial charge in [0, 0.05) is 16.7 Å². The second-order valence-corrected chi connectivity index (χ2v) is 5.93. The monoisotopic (exact) mass is 349 g/mol. The van der Waals surface area contributed by atoms with Crippen LogP contribution in [-0.2, 0) is 6.42 Å². The Morgan fingerprint density at radius 2 is 1.22 bits per heavy atom. The van der Waals surface area contributed by atoms with E-state index in [1.807, 2.05) is 24.3 Å². The van der Waals surface area contributed by atoms with Crippen molar-refractivity contribution in [3.63, 3.8) is 0 Å². The zero-order valence-electron chi connectivity index (χ0n) is 14.9. The van der Waals surface area contributed by atoms with Crippen molar-refractivity contribution in [1.29, 1.82) is 5.26 Å². The van der Waals surface area contributed by atoms with E-state index >= 15 is 0 Å². The lowest BCUT2D eigenvalue weighted by atomic mass is 10.1. The lowest BCUT2D eigenvalue weighted by Crippen LogP contribution is -1.86. The molecule has 2 heteroatoms. The lowest BCUT2D eigenvalue weighted by molar-refractivity contribution is 0.624. The van der Waals surface area contributed by atoms with Crippen molar-refractivity contribution in [2.24, 2.45) is 0 Å². The normalized spacial score (nSPS) is 9.37. The molecule has 0 aromatic heterocycles. The highest BCUT2D eigenvalue weighted by Crippen LogP contribution is 2.10. The van der Waals surface area contributed by atoms with Gasteiger partial charge in [0.2, 0.25) is 0 Å². The van der Waals surface area contributed by atoms with Gasteiger partial charge in [0.15, 0.2) is 0 Å². The van der Waals surface area contributed by atoms with Crippen LogP contribution in [0.25, 0.3) is 0 Å². The van der Waals surface area contributed by atoms with Gasteiger partial charge in [0.1, 0.15) is 5.82 Å². The van der Waals surface area contributed by atoms with Crippen LogP contribution in [0.5, 0.6) is 0 Å². The Balaban J connectivity index is 1.77. The van der Waals surface area contributed by atoms with Gasteiger partial charge in [-0.3, -0.25) is 0 Å². The molecule has 0 saturated heterocycles. The molecule has 0 N–H and O–H groups in total. The van der Waals surface area contributed by atoms with E-state index in [0.29, 0.717) is 16.7 Å². The molecule has 0 amide bonds. The van der Waals surface area contributed by atoms with Gasteiger partial charge in [-0.25, -0.2) is 4.39 Å². The van der Waals surface area contributed by atoms with Crippen molar-refractivity contribution in [2.75, 3.05) is 0 Å². The van der Waals surface area contributed by atoms with Gasteiger partial charge in [0.05, 0.1) is 17.2 Å². The van der Waals surface area contributed by atoms with Crippen molar-refractivity contribution in [3.8, 4) is 29.8 Å². The summed E-state index contributed by atoms with van der Waals surface area (Å²) < 4.78 is 14.3. The van der Waals surface area contributed by atoms with E-state index in [9.17, 15) is 4.39 Å². The van der Waals surface area contributed by atoms with Crippen molar-refractivity contribution >= 4 is 0 Å². The second kappa shape index (κ2) is 8.53. The molecule has 0 aliphatic rings. The highest BCUT2D eigenvalue weighted by Gasteiger charge is 2.00. The fraction of sp³-hybridized carbons (Fsp3) is 0.0800. The highest BCUT2D eigenvalue weighted by molar-refractivity contribution is 5.49. The molecule has 0 aliphatic heterocycles. The third-order valence-electron chi connectivity index (χ3n) is 4.04. The Morgan fingerprint density at radius 3 is 1.81 bits per heavy atom. The molecular formula is C25H16FN. The molecule has 27 heavy (non-hydrogen) atoms. The van der Waals surface area contributed by atoms with E-state index in [0.717, 1.165) is 17.5 Å². The van der Waals surface area contributed by atoms with Crippen LogP contribution < -0.4 is 0 Å². The molecule has 0 heterocycles. The molecule has 0 bridgehead atoms. The van der Waals surface area contributed by atoms with Gasteiger partial charge in [-0.15, -0.1) is 0 Å². The highest BCUT2D eigenvalue weighted by atomic mass is 19.1. The zero-order valence-corrected chi connectivity index (χ0v) is 14.9. The Kier molecular flexibility index (Phi) is 5.69. The number of aryl methyl sites for hydroxylation is 1. The van der Waals surface area contributed by atoms with E-state index in [-0.39, 0.29) is 5.82 Å². The van der Waals surface area contributed by atoms with Crippen LogP contribution in [0.2, 0.25) is 0 Å². The van der Waals surface area contributed by atoms with E-state index in [4.69, 9.17) is 5.26 Å². The molecule has 0 fully saturated rings. The standard InChI is InChI=1S/C25H16FN/c1-2-19-3-5-21(6-4-19)13-15-24-16-14-22(17-25(24)26)10-7-20-8-11-23(18-27)12-9-20/h3-6,8-9,11-12,14,16-17H,2H2,1H3. The van der Waals surface area contributed by atoms with E-state index < -0.39 is 0 Å². The first-order chi connectivity index (χ1) is 13.2. The molecule has 0 radical (unpaired) electrons. The molecule has 128 valence electrons. The molecule has 0 atom stereocenters. The predicted molar refractivity (Wildman–Crippen MR) is 105 cm³/mol. The number of benzene rings is 3. The maximum Gasteiger partial charge on any atom is 0.140 e. The molecule has 1 nitrogen and oxygen atoms in total. The maximum absolute atomic E-state index is 14.3. The number of hydrogen-bond acceptors (Lipinski definition) is 1. The zero-order chi connectivity index (χ0) is 19.1. The number of nitrogens with zero attached hydrogens (tertiary/aromatic N) is 1. The number of halogens is 1. The first-order valence-electron chi connectivity index (χ1n) is 8.60. The molecule has 0 unspecified atom stereocenters. The molecule has 0 saturated carbocycles. The van der Waals surface area contributed by atoms with Gasteiger partial charge in [-0.2, -0.15) is 5.26 Å². The minimum Gasteiger partial charge on any atom is -0.206 e. The van der Waals surface area contributed by atoms with Gasteiger partial charge in [0.25, 0.3) is 0 Å². The van der Waals surface area contributed by atoms with Crippen molar-refractivity contribution in [1.82, 2.24) is 0 Å². The Labute approximate surface area is 159 Å². The van der Waals surface area contributed by atoms with Gasteiger partial charge in [-0.05, 0) is 66.6 Å². The van der Waals surface area contributed by atoms with Crippen molar-refractivity contribution < 1.29 is 4.39 Å². The van der Waals surface area contributed by atoms with Crippen LogP contribution in [-0.4, -0.2) is 0 Å². The first-order valence-corrected chi connectivity index (χ1v) is 8.60. The van der Waals surface area contributed by atoms with Gasteiger partial charge < -0.3 is 0 Å². The van der Waals surface area contributed by atoms with Crippen molar-refractivity contribution in [3.05, 3.63) is 106 Å². The summed E-state index contributed by atoms with van der Waals surface area (Å²) >= 11 is 0. The first kappa shape index (κ1) is 18.0. The predicted octanol–water partition coefficient (Wildman–Crippen LogP) is 5.06. The number of nitriles is 1. The van der Waals surface area contributed by atoms with Gasteiger partial charge in [-0.1, -0.05) is 42.7 Å². The summed E-state index contributed by atoms with van der Waals surface area (Å²) in [5, 5.41) is 8.79. The van der Waals surface area contributed by atoms with Crippen LogP contribution in [0.4, 0.5) is 4.39 Å². The quantitative estimate of drug-likeness (QED) is 0.563. The SMILES string of the molecule is CCc1ccc(C#Cc2ccc(C#Cc3ccc(C#N)cc3)cc2F)cc1. The summed E-state index contributed by atoms with van der Waals surface area (Å²) in [5.74, 6) is 11.4. The van der Waals surface area contributed by atoms with E-state index in [2.05, 4.69) is 36.7 Å². The fourth-order valence-electron chi connectivity index (χ4n) is 2.43. The molecule has 0 aliphatic carbocycles. The summed E-state index contributed by atoms with van der Waals surface area (Å²) in [6, 6.07) is 21.7. The fourth-order valence-corrected chi connectivity index (χ4v) is 2.43. The summed E-state index contributed by atoms with van der Waals surface area (Å²) in [4.78, 5) is 0. The topological polar surface area (TPSA) is 23.8 Å². The summed E-state index contributed by atoms with van der Waals surface area (Å²) in [6.45, 7) is 2.10. The van der Waals surface area contributed by atoms with Gasteiger partial charge >= 0.3 is 0 Å². The largest absolute Gasteiger partial charge is 0.206 e. The third kappa shape index (κ3) is 4.85. The van der Waals surface area contributed by atoms with E-state index in [1.165, 1.54) is 11.6 Å². The number of rotatable bonds is 1. The molecule has 3 aromatic carbocycles. The van der Waals surface area contributed by atoms with Crippen LogP contribution in [0, 0.1) is 40.8 Å². The van der Waals surface area contributed by atoms with Crippen LogP contribution in [0.3, 0.4) is 0 Å². The molecule has 0 spiro atoms. The maximum atomic E-state index is 14.3. The summed E-state index contributed by atoms with van der Waals surface area (Å²) in [7, 11) is 0. The minimum atomic E-state index is -0.390. The molecule has 3 rings (SSSR count). The Hall–Kier alpha value is -3.80. The smallest absolute Gasteiger partial charge is 0.140 e. The second-order valence-electron chi connectivity index (χ2n) is 5.93. The third-order valence-corrected chi connectivity index (χ3v) is 4.04. The Morgan fingerprint density at radius 1 is 0.704 bits per heavy atom. The van der Waals surface area contributed by atoms with Crippen LogP contribution in [0.1, 0.15) is 40.3 Å².